The Morgan fingerprint density at radius 2 is 2.00 bits per heavy atom. The topological polar surface area (TPSA) is 79.3 Å². The second-order valence-electron chi connectivity index (χ2n) is 3.98. The van der Waals surface area contributed by atoms with E-state index in [0.717, 1.165) is 23.7 Å². The van der Waals surface area contributed by atoms with Crippen LogP contribution in [-0.2, 0) is 0 Å². The van der Waals surface area contributed by atoms with Gasteiger partial charge in [0.05, 0.1) is 21.3 Å². The molecule has 9 heteroatoms. The van der Waals surface area contributed by atoms with Gasteiger partial charge in [0.2, 0.25) is 0 Å². The first-order valence-corrected chi connectivity index (χ1v) is 6.99. The van der Waals surface area contributed by atoms with E-state index in [-0.39, 0.29) is 31.9 Å². The molecule has 0 aliphatic heterocycles. The van der Waals surface area contributed by atoms with Crippen molar-refractivity contribution in [3.63, 3.8) is 0 Å². The van der Waals surface area contributed by atoms with Gasteiger partial charge in [0.25, 0.3) is 5.91 Å². The van der Waals surface area contributed by atoms with Crippen molar-refractivity contribution in [3.05, 3.63) is 44.8 Å². The molecule has 0 fully saturated rings. The van der Waals surface area contributed by atoms with Crippen molar-refractivity contribution < 1.29 is 19.1 Å². The van der Waals surface area contributed by atoms with Crippen LogP contribution >= 0.6 is 34.7 Å². The minimum absolute atomic E-state index is 0.0444. The monoisotopic (exact) mass is 348 g/mol. The van der Waals surface area contributed by atoms with Crippen LogP contribution in [-0.4, -0.2) is 21.4 Å². The van der Waals surface area contributed by atoms with Crippen molar-refractivity contribution in [1.82, 2.24) is 4.37 Å². The molecule has 0 spiro atoms. The maximum absolute atomic E-state index is 13.4. The number of nitrogens with one attached hydrogen (secondary N) is 1. The van der Waals surface area contributed by atoms with Crippen LogP contribution in [0, 0.1) is 12.7 Å². The van der Waals surface area contributed by atoms with Gasteiger partial charge in [-0.15, -0.1) is 0 Å². The number of carboxylic acid groups (broad SMARTS) is 1. The number of nitrogens with zero attached hydrogens (tertiary/aromatic N) is 1. The van der Waals surface area contributed by atoms with Crippen LogP contribution in [0.5, 0.6) is 0 Å². The number of hydrogen-bond donors (Lipinski definition) is 2. The first-order chi connectivity index (χ1) is 9.81. The van der Waals surface area contributed by atoms with Crippen molar-refractivity contribution in [3.8, 4) is 0 Å². The van der Waals surface area contributed by atoms with E-state index in [2.05, 4.69) is 9.69 Å². The van der Waals surface area contributed by atoms with Crippen LogP contribution < -0.4 is 5.32 Å². The fourth-order valence-corrected chi connectivity index (χ4v) is 2.83. The molecule has 21 heavy (non-hydrogen) atoms. The summed E-state index contributed by atoms with van der Waals surface area (Å²) in [6.45, 7) is 1.50. The van der Waals surface area contributed by atoms with Crippen LogP contribution in [0.15, 0.2) is 12.1 Å². The smallest absolute Gasteiger partial charge is 0.340 e. The largest absolute Gasteiger partial charge is 0.478 e. The molecule has 1 amide bonds. The van der Waals surface area contributed by atoms with Gasteiger partial charge < -0.3 is 10.4 Å². The molecule has 1 aromatic heterocycles. The Kier molecular flexibility index (Phi) is 4.46. The van der Waals surface area contributed by atoms with E-state index in [0.29, 0.717) is 0 Å². The molecule has 0 atom stereocenters. The molecule has 2 rings (SSSR count). The van der Waals surface area contributed by atoms with Gasteiger partial charge in [-0.25, -0.2) is 9.18 Å². The Bertz CT molecular complexity index is 748. The summed E-state index contributed by atoms with van der Waals surface area (Å²) in [6.07, 6.45) is 0. The number of amides is 1. The number of carboxylic acids is 1. The van der Waals surface area contributed by atoms with Gasteiger partial charge in [0.1, 0.15) is 16.4 Å². The number of halogens is 3. The summed E-state index contributed by atoms with van der Waals surface area (Å²) >= 11 is 12.2. The summed E-state index contributed by atoms with van der Waals surface area (Å²) in [4.78, 5) is 23.2. The lowest BCUT2D eigenvalue weighted by molar-refractivity contribution is 0.0697. The normalized spacial score (nSPS) is 10.5. The van der Waals surface area contributed by atoms with Crippen LogP contribution in [0.1, 0.15) is 26.4 Å². The van der Waals surface area contributed by atoms with Gasteiger partial charge >= 0.3 is 5.97 Å². The highest BCUT2D eigenvalue weighted by Gasteiger charge is 2.21. The molecule has 5 nitrogen and oxygen atoms in total. The average molecular weight is 349 g/mol. The van der Waals surface area contributed by atoms with E-state index in [1.54, 1.807) is 0 Å². The van der Waals surface area contributed by atoms with Crippen LogP contribution in [0.2, 0.25) is 10.0 Å². The molecule has 0 saturated heterocycles. The molecule has 1 heterocycles. The maximum atomic E-state index is 13.4. The van der Waals surface area contributed by atoms with Crippen molar-refractivity contribution in [2.45, 2.75) is 6.92 Å². The highest BCUT2D eigenvalue weighted by Crippen LogP contribution is 2.28. The molecule has 0 radical (unpaired) electrons. The molecular formula is C12H7Cl2FN2O3S. The molecule has 1 aromatic carbocycles. The zero-order valence-electron chi connectivity index (χ0n) is 10.4. The Labute approximate surface area is 132 Å². The third-order valence-electron chi connectivity index (χ3n) is 2.56. The molecule has 2 N–H and O–H groups in total. The lowest BCUT2D eigenvalue weighted by Crippen LogP contribution is -2.14. The van der Waals surface area contributed by atoms with Gasteiger partial charge in [0.15, 0.2) is 0 Å². The van der Waals surface area contributed by atoms with Gasteiger partial charge in [-0.3, -0.25) is 4.79 Å². The van der Waals surface area contributed by atoms with Crippen molar-refractivity contribution in [2.24, 2.45) is 0 Å². The first kappa shape index (κ1) is 15.7. The highest BCUT2D eigenvalue weighted by atomic mass is 35.5. The lowest BCUT2D eigenvalue weighted by atomic mass is 10.2. The van der Waals surface area contributed by atoms with Crippen molar-refractivity contribution >= 4 is 51.6 Å². The quantitative estimate of drug-likeness (QED) is 0.825. The number of aromatic nitrogens is 1. The van der Waals surface area contributed by atoms with Crippen LogP contribution in [0.25, 0.3) is 0 Å². The second-order valence-corrected chi connectivity index (χ2v) is 5.57. The number of carbonyl (C=O) groups is 2. The molecule has 110 valence electrons. The fraction of sp³-hybridized carbons (Fsp3) is 0.0833. The van der Waals surface area contributed by atoms with E-state index in [4.69, 9.17) is 28.3 Å². The Morgan fingerprint density at radius 1 is 1.33 bits per heavy atom. The molecule has 0 bridgehead atoms. The fourth-order valence-electron chi connectivity index (χ4n) is 1.57. The van der Waals surface area contributed by atoms with E-state index in [1.165, 1.54) is 6.92 Å². The number of benzene rings is 1. The summed E-state index contributed by atoms with van der Waals surface area (Å²) in [7, 11) is 0. The average Bonchev–Trinajstić information content (AvgIpc) is 2.74. The SMILES string of the molecule is Cc1nsc(NC(=O)c2cc(F)c(Cl)cc2Cl)c1C(=O)O. The van der Waals surface area contributed by atoms with Crippen molar-refractivity contribution in [2.75, 3.05) is 5.32 Å². The van der Waals surface area contributed by atoms with Crippen LogP contribution in [0.4, 0.5) is 9.39 Å². The van der Waals surface area contributed by atoms with Gasteiger partial charge in [-0.1, -0.05) is 23.2 Å². The maximum Gasteiger partial charge on any atom is 0.340 e. The zero-order chi connectivity index (χ0) is 15.7. The Balaban J connectivity index is 2.35. The van der Waals surface area contributed by atoms with Crippen molar-refractivity contribution in [1.29, 1.82) is 0 Å². The summed E-state index contributed by atoms with van der Waals surface area (Å²) < 4.78 is 17.3. The van der Waals surface area contributed by atoms with E-state index in [1.807, 2.05) is 0 Å². The van der Waals surface area contributed by atoms with E-state index < -0.39 is 17.7 Å². The van der Waals surface area contributed by atoms with Gasteiger partial charge in [0, 0.05) is 0 Å². The number of hydrogen-bond acceptors (Lipinski definition) is 4. The number of anilines is 1. The molecule has 0 saturated carbocycles. The lowest BCUT2D eigenvalue weighted by Gasteiger charge is -2.06. The summed E-state index contributed by atoms with van der Waals surface area (Å²) in [5.74, 6) is -2.77. The van der Waals surface area contributed by atoms with E-state index >= 15 is 0 Å². The third kappa shape index (κ3) is 3.15. The predicted octanol–water partition coefficient (Wildman–Crippen LogP) is 3.85. The highest BCUT2D eigenvalue weighted by molar-refractivity contribution is 7.11. The number of carbonyl (C=O) groups excluding carboxylic acids is 1. The minimum atomic E-state index is -1.22. The third-order valence-corrected chi connectivity index (χ3v) is 4.01. The Hall–Kier alpha value is -1.70. The Morgan fingerprint density at radius 3 is 2.62 bits per heavy atom. The molecular weight excluding hydrogens is 342 g/mol. The molecule has 2 aromatic rings. The summed E-state index contributed by atoms with van der Waals surface area (Å²) in [5, 5.41) is 11.2. The second kappa shape index (κ2) is 5.97. The standard InChI is InChI=1S/C12H7Cl2FN2O3S/c1-4-9(12(19)20)11(21-17-4)16-10(18)5-2-8(15)7(14)3-6(5)13/h2-3H,1H3,(H,16,18)(H,19,20). The van der Waals surface area contributed by atoms with Gasteiger partial charge in [-0.05, 0) is 30.6 Å². The predicted molar refractivity (Wildman–Crippen MR) is 78.2 cm³/mol. The van der Waals surface area contributed by atoms with Crippen LogP contribution in [0.3, 0.4) is 0 Å². The number of aromatic carboxylic acids is 1. The van der Waals surface area contributed by atoms with E-state index in [9.17, 15) is 14.0 Å². The molecule has 0 aliphatic carbocycles. The van der Waals surface area contributed by atoms with Gasteiger partial charge in [-0.2, -0.15) is 4.37 Å². The zero-order valence-corrected chi connectivity index (χ0v) is 12.7. The minimum Gasteiger partial charge on any atom is -0.478 e. The summed E-state index contributed by atoms with van der Waals surface area (Å²) in [5.41, 5.74) is 0.0102. The number of rotatable bonds is 3. The molecule has 0 unspecified atom stereocenters. The molecule has 0 aliphatic rings. The summed E-state index contributed by atoms with van der Waals surface area (Å²) in [6, 6.07) is 1.98. The number of aryl methyl sites for hydroxylation is 1. The first-order valence-electron chi connectivity index (χ1n) is 5.46.